The third kappa shape index (κ3) is 6.45. The fourth-order valence-electron chi connectivity index (χ4n) is 6.28. The lowest BCUT2D eigenvalue weighted by Crippen LogP contribution is -2.54. The van der Waals surface area contributed by atoms with Crippen LogP contribution in [0, 0.1) is 0 Å². The van der Waals surface area contributed by atoms with E-state index in [1.54, 1.807) is 18.4 Å². The number of ether oxygens (including phenoxy) is 4. The summed E-state index contributed by atoms with van der Waals surface area (Å²) in [6.45, 7) is 7.51. The van der Waals surface area contributed by atoms with Crippen LogP contribution in [0.5, 0.6) is 11.5 Å². The monoisotopic (exact) mass is 600 g/mol. The molecule has 1 aromatic heterocycles. The molecule has 3 aliphatic heterocycles. The topological polar surface area (TPSA) is 68.3 Å². The molecule has 0 amide bonds. The van der Waals surface area contributed by atoms with E-state index in [0.717, 1.165) is 93.2 Å². The van der Waals surface area contributed by atoms with Crippen LogP contribution >= 0.6 is 11.3 Å². The Bertz CT molecular complexity index is 1470. The van der Waals surface area contributed by atoms with Gasteiger partial charge in [-0.25, -0.2) is 4.98 Å². The molecule has 4 aromatic rings. The van der Waals surface area contributed by atoms with Gasteiger partial charge in [0.15, 0.2) is 5.13 Å². The summed E-state index contributed by atoms with van der Waals surface area (Å²) in [7, 11) is 1.76. The van der Waals surface area contributed by atoms with Gasteiger partial charge in [-0.05, 0) is 66.9 Å². The van der Waals surface area contributed by atoms with Crippen LogP contribution in [-0.2, 0) is 16.1 Å². The number of hydrogen-bond acceptors (Lipinski definition) is 9. The van der Waals surface area contributed by atoms with Crippen molar-refractivity contribution < 1.29 is 18.9 Å². The van der Waals surface area contributed by atoms with Gasteiger partial charge < -0.3 is 34.1 Å². The third-order valence-corrected chi connectivity index (χ3v) is 9.76. The molecule has 2 saturated heterocycles. The van der Waals surface area contributed by atoms with Crippen molar-refractivity contribution in [2.75, 3.05) is 69.4 Å². The van der Waals surface area contributed by atoms with Gasteiger partial charge in [0, 0.05) is 32.7 Å². The summed E-state index contributed by atoms with van der Waals surface area (Å²) in [5.74, 6) is 2.23. The molecule has 0 aliphatic carbocycles. The Morgan fingerprint density at radius 3 is 2.81 bits per heavy atom. The van der Waals surface area contributed by atoms with Crippen molar-refractivity contribution in [3.05, 3.63) is 77.9 Å². The molecule has 0 radical (unpaired) electrons. The van der Waals surface area contributed by atoms with Crippen molar-refractivity contribution in [1.82, 2.24) is 10.3 Å². The van der Waals surface area contributed by atoms with Crippen molar-refractivity contribution >= 4 is 32.4 Å². The molecule has 8 nitrogen and oxygen atoms in total. The summed E-state index contributed by atoms with van der Waals surface area (Å²) >= 11 is 1.75. The lowest BCUT2D eigenvalue weighted by Gasteiger charge is -2.38. The zero-order valence-corrected chi connectivity index (χ0v) is 25.6. The lowest BCUT2D eigenvalue weighted by molar-refractivity contribution is 0.0106. The zero-order chi connectivity index (χ0) is 29.0. The minimum absolute atomic E-state index is 0.111. The molecule has 0 bridgehead atoms. The summed E-state index contributed by atoms with van der Waals surface area (Å²) in [6.07, 6.45) is 2.35. The van der Waals surface area contributed by atoms with E-state index in [1.807, 2.05) is 6.07 Å². The van der Waals surface area contributed by atoms with E-state index in [1.165, 1.54) is 15.8 Å². The Balaban J connectivity index is 0.938. The van der Waals surface area contributed by atoms with E-state index < -0.39 is 0 Å². The molecule has 0 unspecified atom stereocenters. The highest BCUT2D eigenvalue weighted by atomic mass is 32.1. The van der Waals surface area contributed by atoms with Crippen molar-refractivity contribution in [2.45, 2.75) is 37.6 Å². The number of anilines is 2. The van der Waals surface area contributed by atoms with Crippen LogP contribution in [0.3, 0.4) is 0 Å². The van der Waals surface area contributed by atoms with E-state index in [4.69, 9.17) is 23.9 Å². The number of benzene rings is 3. The van der Waals surface area contributed by atoms with Gasteiger partial charge in [0.2, 0.25) is 0 Å². The molecule has 4 heterocycles. The maximum Gasteiger partial charge on any atom is 0.186 e. The molecule has 0 spiro atoms. The minimum atomic E-state index is 0.111. The number of para-hydroxylation sites is 1. The van der Waals surface area contributed by atoms with Gasteiger partial charge in [0.1, 0.15) is 24.2 Å². The predicted molar refractivity (Wildman–Crippen MR) is 172 cm³/mol. The molecule has 226 valence electrons. The first-order valence-electron chi connectivity index (χ1n) is 15.4. The summed E-state index contributed by atoms with van der Waals surface area (Å²) < 4.78 is 25.3. The first-order valence-corrected chi connectivity index (χ1v) is 16.2. The Morgan fingerprint density at radius 2 is 1.95 bits per heavy atom. The highest BCUT2D eigenvalue weighted by molar-refractivity contribution is 7.22. The second kappa shape index (κ2) is 13.1. The van der Waals surface area contributed by atoms with Gasteiger partial charge in [-0.15, -0.1) is 0 Å². The second-order valence-electron chi connectivity index (χ2n) is 11.6. The van der Waals surface area contributed by atoms with E-state index in [9.17, 15) is 0 Å². The van der Waals surface area contributed by atoms with Gasteiger partial charge in [-0.2, -0.15) is 0 Å². The quantitative estimate of drug-likeness (QED) is 0.228. The Morgan fingerprint density at radius 1 is 1.07 bits per heavy atom. The Hall–Kier alpha value is -3.37. The number of nitrogens with zero attached hydrogens (tertiary/aromatic N) is 3. The van der Waals surface area contributed by atoms with Gasteiger partial charge in [0.05, 0.1) is 48.2 Å². The maximum absolute atomic E-state index is 6.57. The average Bonchev–Trinajstić information content (AvgIpc) is 3.46. The van der Waals surface area contributed by atoms with Crippen molar-refractivity contribution in [3.63, 3.8) is 0 Å². The molecular weight excluding hydrogens is 560 g/mol. The van der Waals surface area contributed by atoms with E-state index in [-0.39, 0.29) is 12.2 Å². The van der Waals surface area contributed by atoms with E-state index in [0.29, 0.717) is 12.5 Å². The first-order chi connectivity index (χ1) is 21.2. The SMILES string of the molecule is COCCCN1CCOc2ccc(CO[C@H]3CNCC[C@@H]3c3ccc(OC4CN(c5nc6ccccc6s5)C4)cc3)cc21. The van der Waals surface area contributed by atoms with E-state index in [2.05, 4.69) is 75.8 Å². The number of aromatic nitrogens is 1. The number of methoxy groups -OCH3 is 1. The fourth-order valence-corrected chi connectivity index (χ4v) is 7.26. The highest BCUT2D eigenvalue weighted by Crippen LogP contribution is 2.35. The summed E-state index contributed by atoms with van der Waals surface area (Å²) in [5.41, 5.74) is 4.72. The number of hydrogen-bond donors (Lipinski definition) is 1. The van der Waals surface area contributed by atoms with Gasteiger partial charge >= 0.3 is 0 Å². The van der Waals surface area contributed by atoms with Crippen LogP contribution in [0.4, 0.5) is 10.8 Å². The molecule has 1 N–H and O–H groups in total. The van der Waals surface area contributed by atoms with Gasteiger partial charge in [-0.1, -0.05) is 41.7 Å². The average molecular weight is 601 g/mol. The smallest absolute Gasteiger partial charge is 0.186 e. The summed E-state index contributed by atoms with van der Waals surface area (Å²) in [5, 5.41) is 4.62. The summed E-state index contributed by atoms with van der Waals surface area (Å²) in [6, 6.07) is 23.5. The molecular formula is C34H40N4O4S. The molecule has 2 atom stereocenters. The van der Waals surface area contributed by atoms with Crippen LogP contribution < -0.4 is 24.6 Å². The van der Waals surface area contributed by atoms with Crippen LogP contribution in [0.15, 0.2) is 66.7 Å². The highest BCUT2D eigenvalue weighted by Gasteiger charge is 2.31. The first kappa shape index (κ1) is 28.4. The van der Waals surface area contributed by atoms with Crippen molar-refractivity contribution in [3.8, 4) is 11.5 Å². The molecule has 7 rings (SSSR count). The van der Waals surface area contributed by atoms with Crippen molar-refractivity contribution in [1.29, 1.82) is 0 Å². The predicted octanol–water partition coefficient (Wildman–Crippen LogP) is 5.46. The van der Waals surface area contributed by atoms with E-state index >= 15 is 0 Å². The molecule has 43 heavy (non-hydrogen) atoms. The fraction of sp³-hybridized carbons (Fsp3) is 0.441. The number of fused-ring (bicyclic) bond motifs is 2. The number of thiazole rings is 1. The number of nitrogens with one attached hydrogen (secondary N) is 1. The van der Waals surface area contributed by atoms with Crippen LogP contribution in [0.2, 0.25) is 0 Å². The van der Waals surface area contributed by atoms with Gasteiger partial charge in [-0.3, -0.25) is 0 Å². The zero-order valence-electron chi connectivity index (χ0n) is 24.7. The summed E-state index contributed by atoms with van der Waals surface area (Å²) in [4.78, 5) is 9.48. The maximum atomic E-state index is 6.57. The van der Waals surface area contributed by atoms with Crippen LogP contribution in [0.25, 0.3) is 10.2 Å². The number of rotatable bonds is 11. The van der Waals surface area contributed by atoms with Crippen LogP contribution in [-0.4, -0.2) is 76.8 Å². The molecule has 3 aliphatic rings. The standard InChI is InChI=1S/C34H40N4O4S/c1-39-17-4-15-37-16-18-40-31-12-7-24(19-30(31)37)23-41-32-20-35-14-13-28(32)25-8-10-26(11-9-25)42-27-21-38(22-27)34-36-29-5-2-3-6-33(29)43-34/h2-3,5-12,19,27-28,32,35H,4,13-18,20-23H2,1H3/t28-,32+/m1/s1. The largest absolute Gasteiger partial charge is 0.490 e. The van der Waals surface area contributed by atoms with Crippen LogP contribution in [0.1, 0.15) is 29.9 Å². The molecule has 9 heteroatoms. The molecule has 3 aromatic carbocycles. The Labute approximate surface area is 257 Å². The lowest BCUT2D eigenvalue weighted by atomic mass is 9.87. The minimum Gasteiger partial charge on any atom is -0.490 e. The normalized spacial score (nSPS) is 20.5. The Kier molecular flexibility index (Phi) is 8.65. The third-order valence-electron chi connectivity index (χ3n) is 8.66. The van der Waals surface area contributed by atoms with Gasteiger partial charge in [0.25, 0.3) is 0 Å². The molecule has 0 saturated carbocycles. The van der Waals surface area contributed by atoms with Crippen molar-refractivity contribution in [2.24, 2.45) is 0 Å². The number of piperidine rings is 1. The molecule has 2 fully saturated rings. The second-order valence-corrected chi connectivity index (χ2v) is 12.6.